The third-order valence-corrected chi connectivity index (χ3v) is 6.10. The zero-order chi connectivity index (χ0) is 22.9. The van der Waals surface area contributed by atoms with E-state index in [0.717, 1.165) is 12.8 Å². The van der Waals surface area contributed by atoms with Crippen molar-refractivity contribution in [1.82, 2.24) is 5.32 Å². The van der Waals surface area contributed by atoms with Crippen LogP contribution in [0.25, 0.3) is 0 Å². The summed E-state index contributed by atoms with van der Waals surface area (Å²) >= 11 is 0. The lowest BCUT2D eigenvalue weighted by molar-refractivity contribution is -0.148. The predicted molar refractivity (Wildman–Crippen MR) is 124 cm³/mol. The van der Waals surface area contributed by atoms with E-state index in [0.29, 0.717) is 12.8 Å². The number of hydrogen-bond acceptors (Lipinski definition) is 4. The van der Waals surface area contributed by atoms with Gasteiger partial charge in [0.15, 0.2) is 0 Å². The van der Waals surface area contributed by atoms with Gasteiger partial charge in [-0.1, -0.05) is 63.3 Å². The van der Waals surface area contributed by atoms with Gasteiger partial charge in [-0.25, -0.2) is 9.59 Å². The number of carbonyl (C=O) groups is 2. The van der Waals surface area contributed by atoms with Gasteiger partial charge in [0.05, 0.1) is 7.11 Å². The maximum absolute atomic E-state index is 12.6. The third-order valence-electron chi connectivity index (χ3n) is 6.10. The van der Waals surface area contributed by atoms with Gasteiger partial charge in [-0.2, -0.15) is 0 Å². The Balaban J connectivity index is 1.95. The minimum atomic E-state index is -1.03. The molecule has 174 valence electrons. The van der Waals surface area contributed by atoms with Gasteiger partial charge >= 0.3 is 12.1 Å². The smallest absolute Gasteiger partial charge is 0.408 e. The summed E-state index contributed by atoms with van der Waals surface area (Å²) in [7, 11) is 1.37. The molecule has 1 saturated carbocycles. The average Bonchev–Trinajstić information content (AvgIpc) is 3.14. The van der Waals surface area contributed by atoms with Crippen molar-refractivity contribution in [1.29, 1.82) is 0 Å². The summed E-state index contributed by atoms with van der Waals surface area (Å²) in [5, 5.41) is 2.82. The molecule has 1 aromatic carbocycles. The molecule has 0 radical (unpaired) electrons. The molecule has 1 amide bonds. The molecule has 0 unspecified atom stereocenters. The second kappa shape index (κ2) is 11.5. The van der Waals surface area contributed by atoms with Crippen LogP contribution in [0, 0.1) is 0 Å². The highest BCUT2D eigenvalue weighted by molar-refractivity contribution is 5.86. The van der Waals surface area contributed by atoms with Crippen LogP contribution in [0.3, 0.4) is 0 Å². The standard InChI is InChI=1S/C26H41NO4/c1-6-7-8-9-10-11-12-20-13-15-21(16-14-20)22-17-18-26(19-22,23(28)30-5)27-24(29)31-25(2,3)4/h13-16,22H,6-12,17-19H2,1-5H3,(H,27,29)/t22-,26+/m0/s1. The molecule has 1 aliphatic rings. The van der Waals surface area contributed by atoms with Crippen LogP contribution in [0.1, 0.15) is 103 Å². The summed E-state index contributed by atoms with van der Waals surface area (Å²) < 4.78 is 10.4. The Bertz CT molecular complexity index is 707. The Morgan fingerprint density at radius 1 is 1.06 bits per heavy atom. The molecule has 0 saturated heterocycles. The highest BCUT2D eigenvalue weighted by atomic mass is 16.6. The van der Waals surface area contributed by atoms with Gasteiger partial charge in [-0.3, -0.25) is 0 Å². The molecule has 31 heavy (non-hydrogen) atoms. The highest BCUT2D eigenvalue weighted by Gasteiger charge is 2.48. The van der Waals surface area contributed by atoms with Crippen LogP contribution in [0.2, 0.25) is 0 Å². The normalized spacial score (nSPS) is 21.0. The number of unbranched alkanes of at least 4 members (excludes halogenated alkanes) is 5. The first-order valence-corrected chi connectivity index (χ1v) is 11.9. The Morgan fingerprint density at radius 3 is 2.32 bits per heavy atom. The van der Waals surface area contributed by atoms with Gasteiger partial charge in [-0.15, -0.1) is 0 Å². The molecule has 2 rings (SSSR count). The zero-order valence-corrected chi connectivity index (χ0v) is 20.1. The maximum atomic E-state index is 12.6. The number of esters is 1. The van der Waals surface area contributed by atoms with E-state index in [1.807, 2.05) is 20.8 Å². The van der Waals surface area contributed by atoms with Crippen LogP contribution in [0.15, 0.2) is 24.3 Å². The fourth-order valence-electron chi connectivity index (χ4n) is 4.44. The molecular weight excluding hydrogens is 390 g/mol. The molecule has 1 aliphatic carbocycles. The van der Waals surface area contributed by atoms with E-state index in [-0.39, 0.29) is 5.92 Å². The quantitative estimate of drug-likeness (QED) is 0.349. The molecule has 5 heteroatoms. The summed E-state index contributed by atoms with van der Waals surface area (Å²) in [6, 6.07) is 8.78. The van der Waals surface area contributed by atoms with Crippen LogP contribution in [0.4, 0.5) is 4.79 Å². The van der Waals surface area contributed by atoms with Crippen LogP contribution in [-0.4, -0.2) is 30.3 Å². The monoisotopic (exact) mass is 431 g/mol. The first-order chi connectivity index (χ1) is 14.7. The van der Waals surface area contributed by atoms with Crippen LogP contribution in [-0.2, 0) is 20.7 Å². The lowest BCUT2D eigenvalue weighted by Crippen LogP contribution is -2.54. The van der Waals surface area contributed by atoms with Crippen LogP contribution >= 0.6 is 0 Å². The van der Waals surface area contributed by atoms with Crippen molar-refractivity contribution in [3.63, 3.8) is 0 Å². The van der Waals surface area contributed by atoms with Gasteiger partial charge in [0, 0.05) is 0 Å². The van der Waals surface area contributed by atoms with E-state index in [4.69, 9.17) is 9.47 Å². The van der Waals surface area contributed by atoms with Crippen molar-refractivity contribution in [2.45, 2.75) is 109 Å². The Hall–Kier alpha value is -2.04. The fraction of sp³-hybridized carbons (Fsp3) is 0.692. The Labute approximate surface area is 188 Å². The molecule has 0 aliphatic heterocycles. The lowest BCUT2D eigenvalue weighted by Gasteiger charge is -2.29. The Kier molecular flexibility index (Phi) is 9.39. The van der Waals surface area contributed by atoms with Crippen LogP contribution < -0.4 is 5.32 Å². The maximum Gasteiger partial charge on any atom is 0.408 e. The zero-order valence-electron chi connectivity index (χ0n) is 20.1. The second-order valence-corrected chi connectivity index (χ2v) is 9.90. The number of benzene rings is 1. The van der Waals surface area contributed by atoms with E-state index in [2.05, 4.69) is 36.5 Å². The topological polar surface area (TPSA) is 64.6 Å². The first kappa shape index (κ1) is 25.2. The Morgan fingerprint density at radius 2 is 1.71 bits per heavy atom. The molecule has 1 N–H and O–H groups in total. The molecule has 5 nitrogen and oxygen atoms in total. The summed E-state index contributed by atoms with van der Waals surface area (Å²) in [4.78, 5) is 25.0. The van der Waals surface area contributed by atoms with E-state index in [1.54, 1.807) is 0 Å². The van der Waals surface area contributed by atoms with E-state index < -0.39 is 23.2 Å². The van der Waals surface area contributed by atoms with Crippen molar-refractivity contribution in [2.75, 3.05) is 7.11 Å². The second-order valence-electron chi connectivity index (χ2n) is 9.90. The third kappa shape index (κ3) is 7.86. The molecule has 0 spiro atoms. The number of rotatable bonds is 10. The fourth-order valence-corrected chi connectivity index (χ4v) is 4.44. The van der Waals surface area contributed by atoms with Crippen molar-refractivity contribution in [3.8, 4) is 0 Å². The molecule has 0 heterocycles. The first-order valence-electron chi connectivity index (χ1n) is 11.9. The van der Waals surface area contributed by atoms with Gasteiger partial charge < -0.3 is 14.8 Å². The number of nitrogens with one attached hydrogen (secondary N) is 1. The van der Waals surface area contributed by atoms with Crippen molar-refractivity contribution in [2.24, 2.45) is 0 Å². The number of amides is 1. The van der Waals surface area contributed by atoms with Gasteiger partial charge in [0.1, 0.15) is 11.1 Å². The number of carbonyl (C=O) groups excluding carboxylic acids is 2. The van der Waals surface area contributed by atoms with E-state index in [9.17, 15) is 9.59 Å². The minimum absolute atomic E-state index is 0.206. The number of aryl methyl sites for hydroxylation is 1. The van der Waals surface area contributed by atoms with Gasteiger partial charge in [-0.05, 0) is 69.9 Å². The summed E-state index contributed by atoms with van der Waals surface area (Å²) in [6.45, 7) is 7.67. The summed E-state index contributed by atoms with van der Waals surface area (Å²) in [5.41, 5.74) is 0.927. The molecule has 1 fully saturated rings. The molecular formula is C26H41NO4. The molecule has 2 atom stereocenters. The van der Waals surface area contributed by atoms with Crippen molar-refractivity contribution < 1.29 is 19.1 Å². The predicted octanol–water partition coefficient (Wildman–Crippen LogP) is 6.29. The van der Waals surface area contributed by atoms with E-state index >= 15 is 0 Å². The number of ether oxygens (including phenoxy) is 2. The van der Waals surface area contributed by atoms with Gasteiger partial charge in [0.2, 0.25) is 0 Å². The van der Waals surface area contributed by atoms with Crippen molar-refractivity contribution >= 4 is 12.1 Å². The van der Waals surface area contributed by atoms with Crippen LogP contribution in [0.5, 0.6) is 0 Å². The highest BCUT2D eigenvalue weighted by Crippen LogP contribution is 2.42. The lowest BCUT2D eigenvalue weighted by atomic mass is 9.91. The number of methoxy groups -OCH3 is 1. The summed E-state index contributed by atoms with van der Waals surface area (Å²) in [6.07, 6.45) is 10.3. The number of hydrogen-bond donors (Lipinski definition) is 1. The average molecular weight is 432 g/mol. The minimum Gasteiger partial charge on any atom is -0.467 e. The largest absolute Gasteiger partial charge is 0.467 e. The molecule has 1 aromatic rings. The number of alkyl carbamates (subject to hydrolysis) is 1. The SMILES string of the molecule is CCCCCCCCc1ccc([C@H]2CC[C@](NC(=O)OC(C)(C)C)(C(=O)OC)C2)cc1. The van der Waals surface area contributed by atoms with Gasteiger partial charge in [0.25, 0.3) is 0 Å². The van der Waals surface area contributed by atoms with Crippen molar-refractivity contribution in [3.05, 3.63) is 35.4 Å². The molecule has 0 bridgehead atoms. The van der Waals surface area contributed by atoms with E-state index in [1.165, 1.54) is 56.8 Å². The molecule has 0 aromatic heterocycles. The summed E-state index contributed by atoms with van der Waals surface area (Å²) in [5.74, 6) is -0.197.